The molecule has 2 aromatic carbocycles. The third-order valence-corrected chi connectivity index (χ3v) is 7.46. The number of unbranched alkanes of at least 4 members (excludes halogenated alkanes) is 5. The average Bonchev–Trinajstić information content (AvgIpc) is 3.00. The molecule has 220 valence electrons. The van der Waals surface area contributed by atoms with Crippen molar-refractivity contribution in [2.75, 3.05) is 55.2 Å². The number of carbonyl (C=O) groups excluding carboxylic acids is 2. The topological polar surface area (TPSA) is 86.8 Å². The Morgan fingerprint density at radius 1 is 0.700 bits per heavy atom. The van der Waals surface area contributed by atoms with Gasteiger partial charge in [-0.3, -0.25) is 9.59 Å². The van der Waals surface area contributed by atoms with E-state index in [2.05, 4.69) is 6.92 Å². The van der Waals surface area contributed by atoms with Gasteiger partial charge in [-0.2, -0.15) is 0 Å². The van der Waals surface area contributed by atoms with E-state index >= 15 is 0 Å². The molecule has 40 heavy (non-hydrogen) atoms. The van der Waals surface area contributed by atoms with Crippen LogP contribution in [0.15, 0.2) is 30.3 Å². The molecule has 0 N–H and O–H groups in total. The summed E-state index contributed by atoms with van der Waals surface area (Å²) in [5.74, 6) is 2.17. The predicted octanol–water partition coefficient (Wildman–Crippen LogP) is 5.45. The highest BCUT2D eigenvalue weighted by molar-refractivity contribution is 5.97. The van der Waals surface area contributed by atoms with Crippen LogP contribution in [-0.2, 0) is 0 Å². The van der Waals surface area contributed by atoms with Crippen molar-refractivity contribution in [2.24, 2.45) is 0 Å². The monoisotopic (exact) mass is 556 g/mol. The van der Waals surface area contributed by atoms with E-state index in [-0.39, 0.29) is 17.9 Å². The van der Waals surface area contributed by atoms with Gasteiger partial charge in [0, 0.05) is 36.8 Å². The Kier molecular flexibility index (Phi) is 11.8. The van der Waals surface area contributed by atoms with E-state index in [1.54, 1.807) is 44.6 Å². The number of piperazine rings is 1. The summed E-state index contributed by atoms with van der Waals surface area (Å²) < 4.78 is 27.1. The molecule has 3 rings (SSSR count). The summed E-state index contributed by atoms with van der Waals surface area (Å²) in [7, 11) is 7.71. The summed E-state index contributed by atoms with van der Waals surface area (Å²) in [5.41, 5.74) is 0.988. The molecule has 2 aromatic rings. The van der Waals surface area contributed by atoms with Crippen molar-refractivity contribution in [2.45, 2.75) is 57.9 Å². The third kappa shape index (κ3) is 7.31. The second-order valence-electron chi connectivity index (χ2n) is 9.94. The van der Waals surface area contributed by atoms with Gasteiger partial charge in [-0.1, -0.05) is 45.4 Å². The Balaban J connectivity index is 1.82. The smallest absolute Gasteiger partial charge is 0.254 e. The van der Waals surface area contributed by atoms with Crippen LogP contribution in [0, 0.1) is 0 Å². The van der Waals surface area contributed by atoms with E-state index in [1.165, 1.54) is 47.0 Å². The average molecular weight is 557 g/mol. The van der Waals surface area contributed by atoms with Gasteiger partial charge in [0.15, 0.2) is 23.0 Å². The fraction of sp³-hybridized carbons (Fsp3) is 0.548. The number of nitrogens with zero attached hydrogens (tertiary/aromatic N) is 2. The molecule has 9 nitrogen and oxygen atoms in total. The molecule has 1 atom stereocenters. The van der Waals surface area contributed by atoms with Gasteiger partial charge in [0.25, 0.3) is 11.8 Å². The van der Waals surface area contributed by atoms with Crippen molar-refractivity contribution < 1.29 is 33.3 Å². The molecule has 1 aliphatic rings. The number of hydrogen-bond donors (Lipinski definition) is 0. The van der Waals surface area contributed by atoms with Gasteiger partial charge in [0.1, 0.15) is 0 Å². The third-order valence-electron chi connectivity index (χ3n) is 7.46. The standard InChI is InChI=1S/C31H44N2O7/c1-7-8-9-10-11-12-13-24-21-32(30(34)23-19-27(38-4)29(40-6)28(20-23)39-5)16-17-33(24)31(35)22-14-15-25(36-2)26(18-22)37-3/h14-15,18-20,24H,7-13,16-17,21H2,1-6H3. The lowest BCUT2D eigenvalue weighted by molar-refractivity contribution is 0.0367. The quantitative estimate of drug-likeness (QED) is 0.286. The number of rotatable bonds is 14. The van der Waals surface area contributed by atoms with Crippen molar-refractivity contribution in [3.8, 4) is 28.7 Å². The van der Waals surface area contributed by atoms with Gasteiger partial charge in [-0.05, 0) is 36.8 Å². The SMILES string of the molecule is CCCCCCCCC1CN(C(=O)c2cc(OC)c(OC)c(OC)c2)CCN1C(=O)c1ccc(OC)c(OC)c1. The minimum absolute atomic E-state index is 0.0724. The Morgan fingerprint density at radius 2 is 1.30 bits per heavy atom. The molecule has 1 heterocycles. The first-order valence-electron chi connectivity index (χ1n) is 14.0. The molecule has 1 unspecified atom stereocenters. The zero-order valence-corrected chi connectivity index (χ0v) is 24.8. The molecule has 0 radical (unpaired) electrons. The molecular weight excluding hydrogens is 512 g/mol. The van der Waals surface area contributed by atoms with Gasteiger partial charge in [0.2, 0.25) is 5.75 Å². The van der Waals surface area contributed by atoms with E-state index < -0.39 is 0 Å². The summed E-state index contributed by atoms with van der Waals surface area (Å²) >= 11 is 0. The van der Waals surface area contributed by atoms with Crippen LogP contribution in [0.2, 0.25) is 0 Å². The summed E-state index contributed by atoms with van der Waals surface area (Å²) in [5, 5.41) is 0. The van der Waals surface area contributed by atoms with E-state index in [4.69, 9.17) is 23.7 Å². The van der Waals surface area contributed by atoms with Crippen molar-refractivity contribution >= 4 is 11.8 Å². The Bertz CT molecular complexity index is 1110. The van der Waals surface area contributed by atoms with Gasteiger partial charge >= 0.3 is 0 Å². The second kappa shape index (κ2) is 15.2. The normalized spacial score (nSPS) is 15.0. The maximum atomic E-state index is 13.7. The molecule has 0 spiro atoms. The van der Waals surface area contributed by atoms with E-state index in [1.807, 2.05) is 9.80 Å². The molecule has 0 aromatic heterocycles. The van der Waals surface area contributed by atoms with Gasteiger partial charge in [-0.25, -0.2) is 0 Å². The minimum atomic E-state index is -0.134. The van der Waals surface area contributed by atoms with Crippen molar-refractivity contribution in [1.29, 1.82) is 0 Å². The zero-order valence-electron chi connectivity index (χ0n) is 24.8. The number of ether oxygens (including phenoxy) is 5. The summed E-state index contributed by atoms with van der Waals surface area (Å²) in [6, 6.07) is 8.47. The van der Waals surface area contributed by atoms with Crippen molar-refractivity contribution in [3.05, 3.63) is 41.5 Å². The molecule has 2 amide bonds. The molecule has 9 heteroatoms. The fourth-order valence-corrected chi connectivity index (χ4v) is 5.24. The Labute approximate surface area is 238 Å². The van der Waals surface area contributed by atoms with Gasteiger partial charge in [0.05, 0.1) is 35.5 Å². The number of carbonyl (C=O) groups is 2. The van der Waals surface area contributed by atoms with Crippen LogP contribution >= 0.6 is 0 Å². The van der Waals surface area contributed by atoms with Crippen LogP contribution in [0.1, 0.15) is 72.6 Å². The largest absolute Gasteiger partial charge is 0.493 e. The number of hydrogen-bond acceptors (Lipinski definition) is 7. The van der Waals surface area contributed by atoms with E-state index in [0.29, 0.717) is 59.5 Å². The van der Waals surface area contributed by atoms with Crippen LogP contribution in [0.25, 0.3) is 0 Å². The zero-order chi connectivity index (χ0) is 29.1. The van der Waals surface area contributed by atoms with Gasteiger partial charge in [-0.15, -0.1) is 0 Å². The molecule has 0 aliphatic carbocycles. The van der Waals surface area contributed by atoms with Crippen LogP contribution in [0.4, 0.5) is 0 Å². The lowest BCUT2D eigenvalue weighted by Gasteiger charge is -2.42. The molecule has 1 fully saturated rings. The molecule has 0 saturated carbocycles. The number of methoxy groups -OCH3 is 5. The van der Waals surface area contributed by atoms with E-state index in [9.17, 15) is 9.59 Å². The summed E-state index contributed by atoms with van der Waals surface area (Å²) in [6.45, 7) is 3.51. The van der Waals surface area contributed by atoms with E-state index in [0.717, 1.165) is 19.3 Å². The highest BCUT2D eigenvalue weighted by atomic mass is 16.5. The van der Waals surface area contributed by atoms with Crippen LogP contribution in [0.5, 0.6) is 28.7 Å². The lowest BCUT2D eigenvalue weighted by atomic mass is 10.0. The lowest BCUT2D eigenvalue weighted by Crippen LogP contribution is -2.56. The molecule has 1 saturated heterocycles. The highest BCUT2D eigenvalue weighted by Gasteiger charge is 2.34. The fourth-order valence-electron chi connectivity index (χ4n) is 5.24. The maximum absolute atomic E-state index is 13.7. The van der Waals surface area contributed by atoms with Crippen LogP contribution < -0.4 is 23.7 Å². The molecular formula is C31H44N2O7. The number of amides is 2. The summed E-state index contributed by atoms with van der Waals surface area (Å²) in [4.78, 5) is 31.1. The van der Waals surface area contributed by atoms with Crippen molar-refractivity contribution in [1.82, 2.24) is 9.80 Å². The first-order valence-corrected chi connectivity index (χ1v) is 14.0. The summed E-state index contributed by atoms with van der Waals surface area (Å²) in [6.07, 6.45) is 7.77. The predicted molar refractivity (Wildman–Crippen MR) is 154 cm³/mol. The Hall–Kier alpha value is -3.62. The first kappa shape index (κ1) is 30.9. The molecule has 1 aliphatic heterocycles. The van der Waals surface area contributed by atoms with Crippen LogP contribution in [0.3, 0.4) is 0 Å². The molecule has 0 bridgehead atoms. The second-order valence-corrected chi connectivity index (χ2v) is 9.94. The van der Waals surface area contributed by atoms with Crippen LogP contribution in [-0.4, -0.2) is 82.8 Å². The maximum Gasteiger partial charge on any atom is 0.254 e. The Morgan fingerprint density at radius 3 is 1.90 bits per heavy atom. The highest BCUT2D eigenvalue weighted by Crippen LogP contribution is 2.38. The van der Waals surface area contributed by atoms with Crippen molar-refractivity contribution in [3.63, 3.8) is 0 Å². The number of benzene rings is 2. The van der Waals surface area contributed by atoms with Gasteiger partial charge < -0.3 is 33.5 Å². The first-order chi connectivity index (χ1) is 19.4. The minimum Gasteiger partial charge on any atom is -0.493 e.